The first kappa shape index (κ1) is 13.5. The Bertz CT molecular complexity index is 377. The Morgan fingerprint density at radius 2 is 2.11 bits per heavy atom. The van der Waals surface area contributed by atoms with Gasteiger partial charge in [0.25, 0.3) is 5.91 Å². The molecule has 2 fully saturated rings. The first-order valence-corrected chi connectivity index (χ1v) is 7.65. The first-order chi connectivity index (χ1) is 8.65. The van der Waals surface area contributed by atoms with E-state index in [2.05, 4.69) is 0 Å². The van der Waals surface area contributed by atoms with Crippen molar-refractivity contribution in [1.29, 1.82) is 0 Å². The molecule has 5 heteroatoms. The number of likely N-dealkylation sites (tertiary alicyclic amines) is 1. The third kappa shape index (κ3) is 2.55. The Kier molecular flexibility index (Phi) is 4.32. The van der Waals surface area contributed by atoms with Gasteiger partial charge >= 0.3 is 0 Å². The highest BCUT2D eigenvalue weighted by molar-refractivity contribution is 7.99. The summed E-state index contributed by atoms with van der Waals surface area (Å²) in [7, 11) is 0. The van der Waals surface area contributed by atoms with Crippen molar-refractivity contribution in [2.75, 3.05) is 24.7 Å². The quantitative estimate of drug-likeness (QED) is 0.728. The molecular weight excluding hydrogens is 248 g/mol. The molecule has 4 nitrogen and oxygen atoms in total. The van der Waals surface area contributed by atoms with E-state index < -0.39 is 0 Å². The Morgan fingerprint density at radius 3 is 2.67 bits per heavy atom. The number of carbonyl (C=O) groups is 2. The van der Waals surface area contributed by atoms with E-state index in [9.17, 15) is 9.59 Å². The Labute approximate surface area is 112 Å². The molecule has 2 saturated heterocycles. The Balaban J connectivity index is 2.04. The van der Waals surface area contributed by atoms with Gasteiger partial charge in [-0.3, -0.25) is 9.59 Å². The van der Waals surface area contributed by atoms with Crippen molar-refractivity contribution in [1.82, 2.24) is 9.80 Å². The van der Waals surface area contributed by atoms with Gasteiger partial charge in [0.05, 0.1) is 5.88 Å². The largest absolute Gasteiger partial charge is 0.341 e. The molecule has 18 heavy (non-hydrogen) atoms. The predicted molar refractivity (Wildman–Crippen MR) is 73.2 cm³/mol. The molecule has 0 aromatic carbocycles. The van der Waals surface area contributed by atoms with Gasteiger partial charge in [-0.05, 0) is 19.8 Å². The standard InChI is InChI=1S/C13H20N2O2S/c1-3-5-10(2)12(16)15-9-18-8-11(15)13(17)14-6-4-7-14/h5,11H,3-4,6-9H2,1-2H3/b10-5+/t11-/m1/s1. The zero-order valence-electron chi connectivity index (χ0n) is 11.0. The van der Waals surface area contributed by atoms with Crippen LogP contribution in [0.25, 0.3) is 0 Å². The molecule has 0 aromatic rings. The molecule has 2 amide bonds. The molecule has 2 heterocycles. The minimum atomic E-state index is -0.247. The molecule has 0 spiro atoms. The highest BCUT2D eigenvalue weighted by Crippen LogP contribution is 2.25. The summed E-state index contributed by atoms with van der Waals surface area (Å²) in [6.45, 7) is 5.55. The number of hydrogen-bond acceptors (Lipinski definition) is 3. The van der Waals surface area contributed by atoms with E-state index in [1.807, 2.05) is 24.8 Å². The monoisotopic (exact) mass is 268 g/mol. The Morgan fingerprint density at radius 1 is 1.39 bits per heavy atom. The number of carbonyl (C=O) groups excluding carboxylic acids is 2. The van der Waals surface area contributed by atoms with Gasteiger partial charge in [-0.15, -0.1) is 11.8 Å². The molecule has 0 aliphatic carbocycles. The van der Waals surface area contributed by atoms with Crippen LogP contribution in [0.4, 0.5) is 0 Å². The van der Waals surface area contributed by atoms with Crippen molar-refractivity contribution >= 4 is 23.6 Å². The van der Waals surface area contributed by atoms with Crippen LogP contribution in [0, 0.1) is 0 Å². The number of allylic oxidation sites excluding steroid dienone is 1. The van der Waals surface area contributed by atoms with Crippen LogP contribution < -0.4 is 0 Å². The molecule has 2 rings (SSSR count). The molecule has 0 saturated carbocycles. The molecule has 100 valence electrons. The molecular formula is C13H20N2O2S. The summed E-state index contributed by atoms with van der Waals surface area (Å²) in [6.07, 6.45) is 3.87. The minimum Gasteiger partial charge on any atom is -0.341 e. The van der Waals surface area contributed by atoms with Gasteiger partial charge in [0.15, 0.2) is 0 Å². The van der Waals surface area contributed by atoms with Gasteiger partial charge in [-0.25, -0.2) is 0 Å². The zero-order chi connectivity index (χ0) is 13.1. The maximum absolute atomic E-state index is 12.3. The van der Waals surface area contributed by atoms with Crippen LogP contribution in [0.15, 0.2) is 11.6 Å². The van der Waals surface area contributed by atoms with Crippen LogP contribution in [0.1, 0.15) is 26.7 Å². The van der Waals surface area contributed by atoms with Gasteiger partial charge in [-0.2, -0.15) is 0 Å². The molecule has 0 N–H and O–H groups in total. The number of thioether (sulfide) groups is 1. The van der Waals surface area contributed by atoms with Crippen molar-refractivity contribution < 1.29 is 9.59 Å². The fourth-order valence-corrected chi connectivity index (χ4v) is 3.36. The molecule has 2 aliphatic heterocycles. The number of hydrogen-bond donors (Lipinski definition) is 0. The maximum Gasteiger partial charge on any atom is 0.250 e. The summed E-state index contributed by atoms with van der Waals surface area (Å²) in [5.41, 5.74) is 0.751. The fourth-order valence-electron chi connectivity index (χ4n) is 2.21. The second-order valence-electron chi connectivity index (χ2n) is 4.76. The SMILES string of the molecule is CC/C=C(\C)C(=O)N1CSC[C@@H]1C(=O)N1CCC1. The highest BCUT2D eigenvalue weighted by atomic mass is 32.2. The van der Waals surface area contributed by atoms with Crippen molar-refractivity contribution in [2.45, 2.75) is 32.7 Å². The first-order valence-electron chi connectivity index (χ1n) is 6.49. The maximum atomic E-state index is 12.3. The van der Waals surface area contributed by atoms with Gasteiger partial charge in [-0.1, -0.05) is 13.0 Å². The van der Waals surface area contributed by atoms with Crippen LogP contribution in [-0.4, -0.2) is 52.4 Å². The van der Waals surface area contributed by atoms with E-state index in [0.717, 1.165) is 37.3 Å². The van der Waals surface area contributed by atoms with Gasteiger partial charge < -0.3 is 9.80 Å². The minimum absolute atomic E-state index is 0.0146. The third-order valence-electron chi connectivity index (χ3n) is 3.44. The van der Waals surface area contributed by atoms with Gasteiger partial charge in [0.1, 0.15) is 6.04 Å². The van der Waals surface area contributed by atoms with Crippen molar-refractivity contribution in [3.05, 3.63) is 11.6 Å². The molecule has 0 radical (unpaired) electrons. The van der Waals surface area contributed by atoms with Crippen molar-refractivity contribution in [3.8, 4) is 0 Å². The van der Waals surface area contributed by atoms with E-state index in [4.69, 9.17) is 0 Å². The number of rotatable bonds is 3. The Hall–Kier alpha value is -0.970. The van der Waals surface area contributed by atoms with Crippen LogP contribution in [-0.2, 0) is 9.59 Å². The number of amides is 2. The van der Waals surface area contributed by atoms with E-state index in [1.165, 1.54) is 0 Å². The lowest BCUT2D eigenvalue weighted by Crippen LogP contribution is -2.53. The topological polar surface area (TPSA) is 40.6 Å². The average Bonchev–Trinajstić information content (AvgIpc) is 2.74. The molecule has 0 unspecified atom stereocenters. The second kappa shape index (κ2) is 5.78. The lowest BCUT2D eigenvalue weighted by Gasteiger charge is -2.35. The molecule has 1 atom stereocenters. The molecule has 2 aliphatic rings. The third-order valence-corrected chi connectivity index (χ3v) is 4.46. The van der Waals surface area contributed by atoms with E-state index in [1.54, 1.807) is 16.7 Å². The molecule has 0 bridgehead atoms. The fraction of sp³-hybridized carbons (Fsp3) is 0.692. The average molecular weight is 268 g/mol. The van der Waals surface area contributed by atoms with Crippen LogP contribution in [0.3, 0.4) is 0 Å². The predicted octanol–water partition coefficient (Wildman–Crippen LogP) is 1.48. The molecule has 0 aromatic heterocycles. The van der Waals surface area contributed by atoms with Crippen LogP contribution >= 0.6 is 11.8 Å². The lowest BCUT2D eigenvalue weighted by molar-refractivity contribution is -0.144. The summed E-state index contributed by atoms with van der Waals surface area (Å²) in [4.78, 5) is 28.1. The summed E-state index contributed by atoms with van der Waals surface area (Å²) < 4.78 is 0. The van der Waals surface area contributed by atoms with Crippen molar-refractivity contribution in [3.63, 3.8) is 0 Å². The van der Waals surface area contributed by atoms with Crippen LogP contribution in [0.5, 0.6) is 0 Å². The number of nitrogens with zero attached hydrogens (tertiary/aromatic N) is 2. The van der Waals surface area contributed by atoms with E-state index >= 15 is 0 Å². The van der Waals surface area contributed by atoms with E-state index in [0.29, 0.717) is 5.88 Å². The lowest BCUT2D eigenvalue weighted by atomic mass is 10.1. The van der Waals surface area contributed by atoms with E-state index in [-0.39, 0.29) is 17.9 Å². The van der Waals surface area contributed by atoms with Crippen molar-refractivity contribution in [2.24, 2.45) is 0 Å². The van der Waals surface area contributed by atoms with Gasteiger partial charge in [0.2, 0.25) is 5.91 Å². The highest BCUT2D eigenvalue weighted by Gasteiger charge is 2.38. The summed E-state index contributed by atoms with van der Waals surface area (Å²) in [6, 6.07) is -0.247. The van der Waals surface area contributed by atoms with Crippen LogP contribution in [0.2, 0.25) is 0 Å². The second-order valence-corrected chi connectivity index (χ2v) is 5.76. The smallest absolute Gasteiger partial charge is 0.250 e. The summed E-state index contributed by atoms with van der Waals surface area (Å²) in [5.74, 6) is 1.52. The summed E-state index contributed by atoms with van der Waals surface area (Å²) >= 11 is 1.66. The normalized spacial score (nSPS) is 24.1. The zero-order valence-corrected chi connectivity index (χ0v) is 11.8. The summed E-state index contributed by atoms with van der Waals surface area (Å²) in [5, 5.41) is 0. The van der Waals surface area contributed by atoms with Gasteiger partial charge in [0, 0.05) is 24.4 Å².